The van der Waals surface area contributed by atoms with E-state index in [2.05, 4.69) is 20.9 Å². The number of aromatic amines is 1. The van der Waals surface area contributed by atoms with Crippen molar-refractivity contribution in [1.82, 2.24) is 20.9 Å². The van der Waals surface area contributed by atoms with Gasteiger partial charge in [0.05, 0.1) is 12.1 Å². The van der Waals surface area contributed by atoms with Gasteiger partial charge in [0.1, 0.15) is 23.9 Å². The third-order valence-electron chi connectivity index (χ3n) is 6.76. The van der Waals surface area contributed by atoms with Gasteiger partial charge < -0.3 is 42.0 Å². The predicted octanol–water partition coefficient (Wildman–Crippen LogP) is 0.659. The lowest BCUT2D eigenvalue weighted by Crippen LogP contribution is -2.60. The molecule has 1 aromatic heterocycles. The fourth-order valence-corrected chi connectivity index (χ4v) is 4.86. The molecule has 3 aromatic rings. The summed E-state index contributed by atoms with van der Waals surface area (Å²) in [5.41, 5.74) is 7.98. The van der Waals surface area contributed by atoms with E-state index in [4.69, 9.17) is 5.73 Å². The van der Waals surface area contributed by atoms with Crippen LogP contribution in [0, 0.1) is 0 Å². The molecule has 3 rings (SSSR count). The second-order valence-electron chi connectivity index (χ2n) is 10.0. The molecule has 0 saturated heterocycles. The van der Waals surface area contributed by atoms with E-state index in [1.807, 2.05) is 30.5 Å². The van der Waals surface area contributed by atoms with Crippen LogP contribution in [0.25, 0.3) is 10.9 Å². The SMILES string of the molecule is CSCCC(N)C(=O)NC(C(=O)NC(Cc1c[nH]c2ccccc12)C(=O)NC(Cc1ccc(O)cc1)C(=O)O)C(C)O. The van der Waals surface area contributed by atoms with Gasteiger partial charge in [-0.15, -0.1) is 0 Å². The summed E-state index contributed by atoms with van der Waals surface area (Å²) < 4.78 is 0. The smallest absolute Gasteiger partial charge is 0.326 e. The Labute approximate surface area is 247 Å². The molecular weight excluding hydrogens is 562 g/mol. The standard InChI is InChI=1S/C29H37N5O7S/c1-16(35)25(34-26(37)21(30)11-12-42-2)28(39)32-23(14-18-15-31-22-6-4-3-5-20(18)22)27(38)33-24(29(40)41)13-17-7-9-19(36)10-8-17/h3-10,15-16,21,23-25,31,35-36H,11-14,30H2,1-2H3,(H,32,39)(H,33,38)(H,34,37)(H,40,41). The zero-order valence-electron chi connectivity index (χ0n) is 23.4. The number of hydrogen-bond acceptors (Lipinski definition) is 8. The molecule has 0 bridgehead atoms. The predicted molar refractivity (Wildman–Crippen MR) is 160 cm³/mol. The number of carboxylic acids is 1. The number of aliphatic carboxylic acids is 1. The first-order valence-corrected chi connectivity index (χ1v) is 14.8. The number of amides is 3. The maximum Gasteiger partial charge on any atom is 0.326 e. The molecule has 0 radical (unpaired) electrons. The summed E-state index contributed by atoms with van der Waals surface area (Å²) in [6, 6.07) is 8.36. The van der Waals surface area contributed by atoms with Crippen molar-refractivity contribution in [3.8, 4) is 5.75 Å². The number of aromatic nitrogens is 1. The van der Waals surface area contributed by atoms with Crippen LogP contribution in [0.15, 0.2) is 54.7 Å². The number of aromatic hydroxyl groups is 1. The molecule has 0 aliphatic carbocycles. The van der Waals surface area contributed by atoms with E-state index in [0.29, 0.717) is 23.3 Å². The monoisotopic (exact) mass is 599 g/mol. The number of carbonyl (C=O) groups excluding carboxylic acids is 3. The summed E-state index contributed by atoms with van der Waals surface area (Å²) in [5.74, 6) is -2.87. The maximum absolute atomic E-state index is 13.5. The van der Waals surface area contributed by atoms with Crippen molar-refractivity contribution in [2.24, 2.45) is 5.73 Å². The van der Waals surface area contributed by atoms with Crippen LogP contribution in [0.1, 0.15) is 24.5 Å². The number of aliphatic hydroxyl groups is 1. The minimum atomic E-state index is -1.41. The molecule has 5 atom stereocenters. The fraction of sp³-hybridized carbons (Fsp3) is 0.379. The number of H-pyrrole nitrogens is 1. The second-order valence-corrected chi connectivity index (χ2v) is 11.0. The summed E-state index contributed by atoms with van der Waals surface area (Å²) in [5, 5.41) is 38.0. The summed E-state index contributed by atoms with van der Waals surface area (Å²) in [4.78, 5) is 54.6. The molecule has 13 heteroatoms. The van der Waals surface area contributed by atoms with Gasteiger partial charge in [-0.2, -0.15) is 11.8 Å². The van der Waals surface area contributed by atoms with Crippen LogP contribution in [0.4, 0.5) is 0 Å². The zero-order chi connectivity index (χ0) is 30.8. The highest BCUT2D eigenvalue weighted by atomic mass is 32.2. The number of thioether (sulfide) groups is 1. The third-order valence-corrected chi connectivity index (χ3v) is 7.40. The van der Waals surface area contributed by atoms with Crippen LogP contribution < -0.4 is 21.7 Å². The van der Waals surface area contributed by atoms with E-state index >= 15 is 0 Å². The summed E-state index contributed by atoms with van der Waals surface area (Å²) in [7, 11) is 0. The van der Waals surface area contributed by atoms with E-state index < -0.39 is 54.0 Å². The molecule has 42 heavy (non-hydrogen) atoms. The number of para-hydroxylation sites is 1. The van der Waals surface area contributed by atoms with Crippen molar-refractivity contribution in [2.75, 3.05) is 12.0 Å². The largest absolute Gasteiger partial charge is 0.508 e. The third kappa shape index (κ3) is 8.96. The van der Waals surface area contributed by atoms with Crippen molar-refractivity contribution >= 4 is 46.4 Å². The first-order valence-electron chi connectivity index (χ1n) is 13.4. The molecule has 9 N–H and O–H groups in total. The second kappa shape index (κ2) is 15.2. The average molecular weight is 600 g/mol. The number of aliphatic hydroxyl groups excluding tert-OH is 1. The molecule has 2 aromatic carbocycles. The molecule has 0 aliphatic rings. The Bertz CT molecular complexity index is 1380. The quantitative estimate of drug-likeness (QED) is 0.123. The van der Waals surface area contributed by atoms with Gasteiger partial charge in [0.2, 0.25) is 17.7 Å². The Hall–Kier alpha value is -4.07. The van der Waals surface area contributed by atoms with Gasteiger partial charge in [-0.3, -0.25) is 14.4 Å². The first kappa shape index (κ1) is 32.4. The zero-order valence-corrected chi connectivity index (χ0v) is 24.2. The van der Waals surface area contributed by atoms with Crippen LogP contribution in [-0.2, 0) is 32.0 Å². The summed E-state index contributed by atoms with van der Waals surface area (Å²) in [6.45, 7) is 1.32. The molecule has 3 amide bonds. The van der Waals surface area contributed by atoms with Crippen molar-refractivity contribution in [1.29, 1.82) is 0 Å². The highest BCUT2D eigenvalue weighted by Gasteiger charge is 2.33. The molecule has 0 fully saturated rings. The minimum Gasteiger partial charge on any atom is -0.508 e. The van der Waals surface area contributed by atoms with Crippen LogP contribution >= 0.6 is 11.8 Å². The average Bonchev–Trinajstić information content (AvgIpc) is 3.37. The fourth-order valence-electron chi connectivity index (χ4n) is 4.37. The Kier molecular flexibility index (Phi) is 11.8. The van der Waals surface area contributed by atoms with Crippen molar-refractivity contribution in [3.63, 3.8) is 0 Å². The Morgan fingerprint density at radius 2 is 1.60 bits per heavy atom. The van der Waals surface area contributed by atoms with Crippen LogP contribution in [0.2, 0.25) is 0 Å². The van der Waals surface area contributed by atoms with Gasteiger partial charge >= 0.3 is 5.97 Å². The van der Waals surface area contributed by atoms with Crippen LogP contribution in [-0.4, -0.2) is 86.3 Å². The lowest BCUT2D eigenvalue weighted by atomic mass is 10.0. The van der Waals surface area contributed by atoms with Gasteiger partial charge in [-0.25, -0.2) is 4.79 Å². The number of benzene rings is 2. The van der Waals surface area contributed by atoms with Gasteiger partial charge in [0.25, 0.3) is 0 Å². The molecule has 1 heterocycles. The molecule has 5 unspecified atom stereocenters. The number of hydrogen-bond donors (Lipinski definition) is 8. The topological polar surface area (TPSA) is 207 Å². The molecule has 226 valence electrons. The Morgan fingerprint density at radius 1 is 0.929 bits per heavy atom. The number of phenols is 1. The van der Waals surface area contributed by atoms with Gasteiger partial charge in [0, 0.05) is 29.9 Å². The number of carboxylic acid groups (broad SMARTS) is 1. The minimum absolute atomic E-state index is 0.0130. The van der Waals surface area contributed by atoms with Crippen molar-refractivity contribution < 1.29 is 34.5 Å². The molecule has 12 nitrogen and oxygen atoms in total. The number of fused-ring (bicyclic) bond motifs is 1. The van der Waals surface area contributed by atoms with E-state index in [1.165, 1.54) is 30.8 Å². The number of phenolic OH excluding ortho intramolecular Hbond substituents is 1. The van der Waals surface area contributed by atoms with Gasteiger partial charge in [-0.1, -0.05) is 30.3 Å². The number of rotatable bonds is 15. The highest BCUT2D eigenvalue weighted by Crippen LogP contribution is 2.20. The lowest BCUT2D eigenvalue weighted by Gasteiger charge is -2.26. The first-order chi connectivity index (χ1) is 20.0. The molecule has 0 saturated carbocycles. The van der Waals surface area contributed by atoms with Crippen LogP contribution in [0.5, 0.6) is 5.75 Å². The van der Waals surface area contributed by atoms with Crippen LogP contribution in [0.3, 0.4) is 0 Å². The number of nitrogens with one attached hydrogen (secondary N) is 4. The van der Waals surface area contributed by atoms with Gasteiger partial charge in [-0.05, 0) is 54.7 Å². The molecular formula is C29H37N5O7S. The summed E-state index contributed by atoms with van der Waals surface area (Å²) in [6.07, 6.45) is 2.52. The lowest BCUT2D eigenvalue weighted by molar-refractivity contribution is -0.142. The Morgan fingerprint density at radius 3 is 2.24 bits per heavy atom. The summed E-state index contributed by atoms with van der Waals surface area (Å²) >= 11 is 1.51. The van der Waals surface area contributed by atoms with E-state index in [-0.39, 0.29) is 18.6 Å². The van der Waals surface area contributed by atoms with Gasteiger partial charge in [0.15, 0.2) is 0 Å². The molecule has 0 aliphatic heterocycles. The molecule has 0 spiro atoms. The van der Waals surface area contributed by atoms with E-state index in [9.17, 15) is 34.5 Å². The Balaban J connectivity index is 1.84. The number of nitrogens with two attached hydrogens (primary N) is 1. The number of carbonyl (C=O) groups is 4. The normalized spacial score (nSPS) is 14.8. The highest BCUT2D eigenvalue weighted by molar-refractivity contribution is 7.98. The van der Waals surface area contributed by atoms with Crippen molar-refractivity contribution in [3.05, 3.63) is 65.9 Å². The van der Waals surface area contributed by atoms with E-state index in [0.717, 1.165) is 10.9 Å². The maximum atomic E-state index is 13.5. The van der Waals surface area contributed by atoms with E-state index in [1.54, 1.807) is 18.3 Å². The van der Waals surface area contributed by atoms with Crippen molar-refractivity contribution in [2.45, 2.75) is 56.5 Å².